The number of benzene rings is 1. The van der Waals surface area contributed by atoms with Crippen molar-refractivity contribution in [3.63, 3.8) is 0 Å². The van der Waals surface area contributed by atoms with Crippen molar-refractivity contribution in [3.05, 3.63) is 59.4 Å². The second-order valence-electron chi connectivity index (χ2n) is 8.65. The molecular formula is C23H30N4O4. The molecule has 2 aromatic rings. The number of nitrogens with zero attached hydrogens (tertiary/aromatic N) is 3. The summed E-state index contributed by atoms with van der Waals surface area (Å²) in [6.07, 6.45) is 1.41. The van der Waals surface area contributed by atoms with Crippen LogP contribution in [0.2, 0.25) is 0 Å². The number of piperazine rings is 1. The van der Waals surface area contributed by atoms with Gasteiger partial charge in [-0.3, -0.25) is 9.59 Å². The second-order valence-corrected chi connectivity index (χ2v) is 8.65. The third-order valence-corrected chi connectivity index (χ3v) is 5.22. The van der Waals surface area contributed by atoms with Crippen LogP contribution in [0.1, 0.15) is 53.2 Å². The molecule has 2 heterocycles. The van der Waals surface area contributed by atoms with Gasteiger partial charge in [-0.1, -0.05) is 12.1 Å². The summed E-state index contributed by atoms with van der Waals surface area (Å²) in [6, 6.07) is 10.4. The molecule has 3 rings (SSSR count). The zero-order valence-corrected chi connectivity index (χ0v) is 18.7. The Balaban J connectivity index is 1.94. The van der Waals surface area contributed by atoms with Gasteiger partial charge in [0.25, 0.3) is 11.8 Å². The van der Waals surface area contributed by atoms with Gasteiger partial charge in [0.2, 0.25) is 0 Å². The number of aryl methyl sites for hydroxylation is 1. The average Bonchev–Trinajstić information content (AvgIpc) is 3.17. The first-order chi connectivity index (χ1) is 14.6. The molecule has 1 atom stereocenters. The molecule has 8 nitrogen and oxygen atoms in total. The molecule has 31 heavy (non-hydrogen) atoms. The van der Waals surface area contributed by atoms with Gasteiger partial charge in [0.15, 0.2) is 0 Å². The van der Waals surface area contributed by atoms with Crippen molar-refractivity contribution in [2.75, 3.05) is 26.7 Å². The van der Waals surface area contributed by atoms with E-state index < -0.39 is 17.7 Å². The third kappa shape index (κ3) is 5.07. The van der Waals surface area contributed by atoms with E-state index in [1.54, 1.807) is 45.7 Å². The summed E-state index contributed by atoms with van der Waals surface area (Å²) in [5, 5.41) is 2.62. The van der Waals surface area contributed by atoms with Crippen molar-refractivity contribution in [1.82, 2.24) is 19.7 Å². The lowest BCUT2D eigenvalue weighted by Gasteiger charge is -2.42. The lowest BCUT2D eigenvalue weighted by molar-refractivity contribution is 0.00386. The monoisotopic (exact) mass is 426 g/mol. The molecule has 0 bridgehead atoms. The molecule has 1 saturated heterocycles. The number of amides is 3. The molecule has 1 fully saturated rings. The third-order valence-electron chi connectivity index (χ3n) is 5.22. The van der Waals surface area contributed by atoms with Crippen LogP contribution in [0.3, 0.4) is 0 Å². The smallest absolute Gasteiger partial charge is 0.410 e. The number of carbonyl (C=O) groups is 3. The summed E-state index contributed by atoms with van der Waals surface area (Å²) in [4.78, 5) is 41.6. The van der Waals surface area contributed by atoms with Crippen LogP contribution in [0, 0.1) is 0 Å². The fraction of sp³-hybridized carbons (Fsp3) is 0.435. The number of ether oxygens (including phenoxy) is 1. The molecule has 1 aromatic heterocycles. The van der Waals surface area contributed by atoms with E-state index >= 15 is 0 Å². The minimum absolute atomic E-state index is 0.119. The number of nitrogens with one attached hydrogen (secondary N) is 1. The average molecular weight is 427 g/mol. The summed E-state index contributed by atoms with van der Waals surface area (Å²) in [5.74, 6) is -0.325. The van der Waals surface area contributed by atoms with E-state index in [1.165, 1.54) is 0 Å². The molecule has 0 aliphatic carbocycles. The molecule has 1 aliphatic heterocycles. The first kappa shape index (κ1) is 22.4. The minimum atomic E-state index is -0.609. The van der Waals surface area contributed by atoms with Crippen LogP contribution in [0.15, 0.2) is 42.6 Å². The van der Waals surface area contributed by atoms with Gasteiger partial charge >= 0.3 is 6.09 Å². The van der Waals surface area contributed by atoms with Crippen molar-refractivity contribution in [1.29, 1.82) is 0 Å². The summed E-state index contributed by atoms with van der Waals surface area (Å²) >= 11 is 0. The van der Waals surface area contributed by atoms with E-state index in [4.69, 9.17) is 4.74 Å². The first-order valence-corrected chi connectivity index (χ1v) is 10.3. The Morgan fingerprint density at radius 2 is 1.84 bits per heavy atom. The van der Waals surface area contributed by atoms with Crippen LogP contribution in [0.25, 0.3) is 0 Å². The highest BCUT2D eigenvalue weighted by molar-refractivity contribution is 5.95. The Kier molecular flexibility index (Phi) is 6.38. The fourth-order valence-corrected chi connectivity index (χ4v) is 3.67. The number of hydrogen-bond acceptors (Lipinski definition) is 4. The molecule has 8 heteroatoms. The molecule has 0 saturated carbocycles. The highest BCUT2D eigenvalue weighted by atomic mass is 16.6. The quantitative estimate of drug-likeness (QED) is 0.818. The molecule has 3 amide bonds. The van der Waals surface area contributed by atoms with Crippen molar-refractivity contribution >= 4 is 17.9 Å². The Morgan fingerprint density at radius 1 is 1.10 bits per heavy atom. The van der Waals surface area contributed by atoms with Gasteiger partial charge in [0, 0.05) is 45.5 Å². The van der Waals surface area contributed by atoms with Gasteiger partial charge in [-0.2, -0.15) is 0 Å². The van der Waals surface area contributed by atoms with E-state index in [-0.39, 0.29) is 18.4 Å². The number of aromatic nitrogens is 1. The Morgan fingerprint density at radius 3 is 2.45 bits per heavy atom. The SMILES string of the molecule is CNC(=O)c1cccc(C2CN(C(=O)OC(C)(C)C)CCN2C(=O)c2cccn2C)c1. The number of hydrogen-bond donors (Lipinski definition) is 1. The van der Waals surface area contributed by atoms with Crippen molar-refractivity contribution < 1.29 is 19.1 Å². The zero-order valence-electron chi connectivity index (χ0n) is 18.7. The minimum Gasteiger partial charge on any atom is -0.444 e. The number of carbonyl (C=O) groups excluding carboxylic acids is 3. The summed E-state index contributed by atoms with van der Waals surface area (Å²) in [5.41, 5.74) is 1.25. The molecule has 1 aromatic carbocycles. The van der Waals surface area contributed by atoms with Gasteiger partial charge in [-0.25, -0.2) is 4.79 Å². The molecule has 1 unspecified atom stereocenters. The van der Waals surface area contributed by atoms with Gasteiger partial charge in [-0.05, 0) is 50.6 Å². The predicted molar refractivity (Wildman–Crippen MR) is 117 cm³/mol. The zero-order chi connectivity index (χ0) is 22.8. The van der Waals surface area contributed by atoms with E-state index in [0.717, 1.165) is 5.56 Å². The highest BCUT2D eigenvalue weighted by Gasteiger charge is 2.36. The van der Waals surface area contributed by atoms with Crippen LogP contribution < -0.4 is 5.32 Å². The van der Waals surface area contributed by atoms with Gasteiger partial charge < -0.3 is 24.4 Å². The van der Waals surface area contributed by atoms with Crippen molar-refractivity contribution in [2.24, 2.45) is 7.05 Å². The molecular weight excluding hydrogens is 396 g/mol. The second kappa shape index (κ2) is 8.83. The molecule has 1 aliphatic rings. The molecule has 166 valence electrons. The van der Waals surface area contributed by atoms with Crippen LogP contribution in [-0.2, 0) is 11.8 Å². The lowest BCUT2D eigenvalue weighted by Crippen LogP contribution is -2.53. The van der Waals surface area contributed by atoms with Crippen LogP contribution in [0.4, 0.5) is 4.79 Å². The Labute approximate surface area is 182 Å². The lowest BCUT2D eigenvalue weighted by atomic mass is 9.99. The van der Waals surface area contributed by atoms with Crippen LogP contribution >= 0.6 is 0 Å². The summed E-state index contributed by atoms with van der Waals surface area (Å²) < 4.78 is 7.32. The largest absolute Gasteiger partial charge is 0.444 e. The topological polar surface area (TPSA) is 83.9 Å². The summed E-state index contributed by atoms with van der Waals surface area (Å²) in [6.45, 7) is 6.48. The maximum atomic E-state index is 13.3. The van der Waals surface area contributed by atoms with E-state index in [9.17, 15) is 14.4 Å². The molecule has 1 N–H and O–H groups in total. The number of rotatable bonds is 3. The molecule has 0 spiro atoms. The van der Waals surface area contributed by atoms with Crippen molar-refractivity contribution in [2.45, 2.75) is 32.4 Å². The summed E-state index contributed by atoms with van der Waals surface area (Å²) in [7, 11) is 3.40. The molecule has 0 radical (unpaired) electrons. The van der Waals surface area contributed by atoms with Crippen molar-refractivity contribution in [3.8, 4) is 0 Å². The van der Waals surface area contributed by atoms with Gasteiger partial charge in [0.05, 0.1) is 6.04 Å². The standard InChI is InChI=1S/C23H30N4O4/c1-23(2,3)31-22(30)26-12-13-27(21(29)18-10-7-11-25(18)5)19(15-26)16-8-6-9-17(14-16)20(28)24-4/h6-11,14,19H,12-13,15H2,1-5H3,(H,24,28). The van der Waals surface area contributed by atoms with Crippen LogP contribution in [0.5, 0.6) is 0 Å². The van der Waals surface area contributed by atoms with Gasteiger partial charge in [0.1, 0.15) is 11.3 Å². The first-order valence-electron chi connectivity index (χ1n) is 10.3. The fourth-order valence-electron chi connectivity index (χ4n) is 3.67. The van der Waals surface area contributed by atoms with E-state index in [1.807, 2.05) is 46.1 Å². The maximum absolute atomic E-state index is 13.3. The Hall–Kier alpha value is -3.29. The van der Waals surface area contributed by atoms with E-state index in [0.29, 0.717) is 24.3 Å². The van der Waals surface area contributed by atoms with Gasteiger partial charge in [-0.15, -0.1) is 0 Å². The predicted octanol–water partition coefficient (Wildman–Crippen LogP) is 2.82. The highest BCUT2D eigenvalue weighted by Crippen LogP contribution is 2.29. The van der Waals surface area contributed by atoms with Crippen LogP contribution in [-0.4, -0.2) is 64.6 Å². The van der Waals surface area contributed by atoms with E-state index in [2.05, 4.69) is 5.32 Å². The maximum Gasteiger partial charge on any atom is 0.410 e. The Bertz CT molecular complexity index is 976. The normalized spacial score (nSPS) is 16.7.